The quantitative estimate of drug-likeness (QED) is 0.784. The van der Waals surface area contributed by atoms with Gasteiger partial charge < -0.3 is 9.47 Å². The molecule has 0 aliphatic heterocycles. The van der Waals surface area contributed by atoms with E-state index in [0.29, 0.717) is 6.61 Å². The van der Waals surface area contributed by atoms with E-state index in [1.165, 1.54) is 6.07 Å². The van der Waals surface area contributed by atoms with Gasteiger partial charge in [-0.05, 0) is 30.5 Å². The lowest BCUT2D eigenvalue weighted by Crippen LogP contribution is -2.21. The molecule has 2 rings (SSSR count). The summed E-state index contributed by atoms with van der Waals surface area (Å²) in [4.78, 5) is 23.0. The van der Waals surface area contributed by atoms with E-state index in [1.54, 1.807) is 19.1 Å². The van der Waals surface area contributed by atoms with Gasteiger partial charge in [-0.25, -0.2) is 0 Å². The van der Waals surface area contributed by atoms with E-state index in [4.69, 9.17) is 4.74 Å². The van der Waals surface area contributed by atoms with Crippen molar-refractivity contribution in [1.29, 1.82) is 0 Å². The Kier molecular flexibility index (Phi) is 4.88. The minimum absolute atomic E-state index is 0.0125. The molecule has 0 amide bonds. The number of carbonyl (C=O) groups is 2. The highest BCUT2D eigenvalue weighted by molar-refractivity contribution is 6.02. The van der Waals surface area contributed by atoms with Crippen LogP contribution in [0.5, 0.6) is 11.5 Å². The SMILES string of the molecule is CCOc1cc(C2CC(=O)CC(=O)C2)ccc1OC(F)F. The minimum Gasteiger partial charge on any atom is -0.490 e. The Bertz CT molecular complexity index is 526. The monoisotopic (exact) mass is 298 g/mol. The van der Waals surface area contributed by atoms with Gasteiger partial charge >= 0.3 is 6.61 Å². The lowest BCUT2D eigenvalue weighted by Gasteiger charge is -2.21. The predicted molar refractivity (Wildman–Crippen MR) is 70.8 cm³/mol. The second kappa shape index (κ2) is 6.65. The number of hydrogen-bond donors (Lipinski definition) is 0. The van der Waals surface area contributed by atoms with E-state index in [2.05, 4.69) is 4.74 Å². The average Bonchev–Trinajstić information content (AvgIpc) is 2.39. The summed E-state index contributed by atoms with van der Waals surface area (Å²) in [6.07, 6.45) is 0.556. The van der Waals surface area contributed by atoms with Crippen molar-refractivity contribution < 1.29 is 27.8 Å². The molecule has 4 nitrogen and oxygen atoms in total. The summed E-state index contributed by atoms with van der Waals surface area (Å²) in [5.74, 6) is -0.271. The number of halogens is 2. The number of alkyl halides is 2. The molecule has 1 fully saturated rings. The fourth-order valence-electron chi connectivity index (χ4n) is 2.46. The second-order valence-corrected chi connectivity index (χ2v) is 4.88. The van der Waals surface area contributed by atoms with E-state index in [-0.39, 0.29) is 48.2 Å². The summed E-state index contributed by atoms with van der Waals surface area (Å²) in [6.45, 7) is -0.911. The van der Waals surface area contributed by atoms with Gasteiger partial charge in [0.1, 0.15) is 11.6 Å². The minimum atomic E-state index is -2.94. The van der Waals surface area contributed by atoms with Crippen molar-refractivity contribution in [2.24, 2.45) is 0 Å². The molecule has 0 N–H and O–H groups in total. The van der Waals surface area contributed by atoms with Crippen molar-refractivity contribution in [3.8, 4) is 11.5 Å². The molecular formula is C15H16F2O4. The first-order valence-corrected chi connectivity index (χ1v) is 6.74. The van der Waals surface area contributed by atoms with Gasteiger partial charge in [-0.2, -0.15) is 8.78 Å². The molecule has 0 bridgehead atoms. The standard InChI is InChI=1S/C15H16F2O4/c1-2-20-14-7-9(3-4-13(14)21-15(16)17)10-5-11(18)8-12(19)6-10/h3-4,7,10,15H,2,5-6,8H2,1H3. The Balaban J connectivity index is 2.26. The van der Waals surface area contributed by atoms with Gasteiger partial charge in [-0.1, -0.05) is 6.07 Å². The lowest BCUT2D eigenvalue weighted by molar-refractivity contribution is -0.130. The smallest absolute Gasteiger partial charge is 0.387 e. The molecule has 1 aliphatic rings. The van der Waals surface area contributed by atoms with Crippen LogP contribution >= 0.6 is 0 Å². The number of Topliss-reactive ketones (excluding diaryl/α,β-unsaturated/α-hetero) is 2. The van der Waals surface area contributed by atoms with Crippen molar-refractivity contribution in [3.63, 3.8) is 0 Å². The predicted octanol–water partition coefficient (Wildman–Crippen LogP) is 3.09. The molecule has 0 spiro atoms. The van der Waals surface area contributed by atoms with Gasteiger partial charge in [-0.3, -0.25) is 9.59 Å². The summed E-state index contributed by atoms with van der Waals surface area (Å²) in [5.41, 5.74) is 0.724. The van der Waals surface area contributed by atoms with E-state index in [0.717, 1.165) is 5.56 Å². The molecule has 0 saturated heterocycles. The van der Waals surface area contributed by atoms with E-state index < -0.39 is 6.61 Å². The zero-order chi connectivity index (χ0) is 15.4. The second-order valence-electron chi connectivity index (χ2n) is 4.88. The van der Waals surface area contributed by atoms with Gasteiger partial charge in [0.05, 0.1) is 13.0 Å². The van der Waals surface area contributed by atoms with Crippen LogP contribution in [-0.4, -0.2) is 24.8 Å². The van der Waals surface area contributed by atoms with Crippen LogP contribution in [0.3, 0.4) is 0 Å². The zero-order valence-corrected chi connectivity index (χ0v) is 11.6. The van der Waals surface area contributed by atoms with Crippen LogP contribution in [0.4, 0.5) is 8.78 Å². The van der Waals surface area contributed by atoms with Crippen molar-refractivity contribution in [3.05, 3.63) is 23.8 Å². The first-order chi connectivity index (χ1) is 9.99. The third-order valence-electron chi connectivity index (χ3n) is 3.30. The van der Waals surface area contributed by atoms with Crippen molar-refractivity contribution in [2.75, 3.05) is 6.61 Å². The largest absolute Gasteiger partial charge is 0.490 e. The number of rotatable bonds is 5. The van der Waals surface area contributed by atoms with Crippen LogP contribution in [0, 0.1) is 0 Å². The average molecular weight is 298 g/mol. The third kappa shape index (κ3) is 4.00. The van der Waals surface area contributed by atoms with Gasteiger partial charge in [0.15, 0.2) is 11.5 Å². The molecule has 21 heavy (non-hydrogen) atoms. The summed E-state index contributed by atoms with van der Waals surface area (Å²) in [5, 5.41) is 0. The highest BCUT2D eigenvalue weighted by Crippen LogP contribution is 2.36. The van der Waals surface area contributed by atoms with E-state index >= 15 is 0 Å². The summed E-state index contributed by atoms with van der Waals surface area (Å²) in [7, 11) is 0. The Morgan fingerprint density at radius 3 is 2.43 bits per heavy atom. The van der Waals surface area contributed by atoms with Gasteiger partial charge in [0, 0.05) is 12.8 Å². The molecule has 0 atom stereocenters. The molecule has 1 saturated carbocycles. The maximum Gasteiger partial charge on any atom is 0.387 e. The normalized spacial score (nSPS) is 16.4. The number of ketones is 2. The molecule has 0 radical (unpaired) electrons. The molecular weight excluding hydrogens is 282 g/mol. The van der Waals surface area contributed by atoms with E-state index in [1.807, 2.05) is 0 Å². The Hall–Kier alpha value is -1.98. The molecule has 1 aromatic rings. The first-order valence-electron chi connectivity index (χ1n) is 6.74. The Morgan fingerprint density at radius 2 is 1.86 bits per heavy atom. The summed E-state index contributed by atoms with van der Waals surface area (Å²) >= 11 is 0. The fraction of sp³-hybridized carbons (Fsp3) is 0.467. The van der Waals surface area contributed by atoms with Crippen LogP contribution in [0.25, 0.3) is 0 Å². The highest BCUT2D eigenvalue weighted by atomic mass is 19.3. The number of carbonyl (C=O) groups excluding carboxylic acids is 2. The number of benzene rings is 1. The third-order valence-corrected chi connectivity index (χ3v) is 3.30. The highest BCUT2D eigenvalue weighted by Gasteiger charge is 2.27. The zero-order valence-electron chi connectivity index (χ0n) is 11.6. The maximum atomic E-state index is 12.3. The van der Waals surface area contributed by atoms with Crippen LogP contribution in [0.15, 0.2) is 18.2 Å². The van der Waals surface area contributed by atoms with Crippen LogP contribution < -0.4 is 9.47 Å². The first kappa shape index (κ1) is 15.4. The summed E-state index contributed by atoms with van der Waals surface area (Å²) in [6, 6.07) is 4.55. The van der Waals surface area contributed by atoms with Crippen LogP contribution in [0.2, 0.25) is 0 Å². The molecule has 6 heteroatoms. The maximum absolute atomic E-state index is 12.3. The molecule has 1 aromatic carbocycles. The molecule has 0 unspecified atom stereocenters. The van der Waals surface area contributed by atoms with Crippen LogP contribution in [0.1, 0.15) is 37.7 Å². The Labute approximate surface area is 121 Å². The Morgan fingerprint density at radius 1 is 1.19 bits per heavy atom. The van der Waals surface area contributed by atoms with Crippen molar-refractivity contribution in [2.45, 2.75) is 38.7 Å². The van der Waals surface area contributed by atoms with Gasteiger partial charge in [0.25, 0.3) is 0 Å². The lowest BCUT2D eigenvalue weighted by atomic mass is 9.82. The number of hydrogen-bond acceptors (Lipinski definition) is 4. The van der Waals surface area contributed by atoms with Crippen molar-refractivity contribution >= 4 is 11.6 Å². The molecule has 0 heterocycles. The van der Waals surface area contributed by atoms with Gasteiger partial charge in [0.2, 0.25) is 0 Å². The van der Waals surface area contributed by atoms with Crippen LogP contribution in [-0.2, 0) is 9.59 Å². The summed E-state index contributed by atoms with van der Waals surface area (Å²) < 4.78 is 34.3. The topological polar surface area (TPSA) is 52.6 Å². The van der Waals surface area contributed by atoms with E-state index in [9.17, 15) is 18.4 Å². The fourth-order valence-corrected chi connectivity index (χ4v) is 2.46. The molecule has 0 aromatic heterocycles. The van der Waals surface area contributed by atoms with Gasteiger partial charge in [-0.15, -0.1) is 0 Å². The molecule has 114 valence electrons. The molecule has 1 aliphatic carbocycles. The number of ether oxygens (including phenoxy) is 2. The van der Waals surface area contributed by atoms with Crippen molar-refractivity contribution in [1.82, 2.24) is 0 Å².